The van der Waals surface area contributed by atoms with Crippen LogP contribution >= 0.6 is 11.6 Å². The van der Waals surface area contributed by atoms with E-state index < -0.39 is 12.7 Å². The van der Waals surface area contributed by atoms with E-state index in [1.807, 2.05) is 0 Å². The Kier molecular flexibility index (Phi) is 6.04. The van der Waals surface area contributed by atoms with Gasteiger partial charge in [-0.3, -0.25) is 4.90 Å². The number of nitrogens with zero attached hydrogens (tertiary/aromatic N) is 2. The molecule has 0 amide bonds. The second-order valence-electron chi connectivity index (χ2n) is 5.00. The Morgan fingerprint density at radius 2 is 2.00 bits per heavy atom. The Morgan fingerprint density at radius 1 is 1.26 bits per heavy atom. The largest absolute Gasteiger partial charge is 0.439 e. The number of hydrogen-bond donors (Lipinski definition) is 1. The third-order valence-electron chi connectivity index (χ3n) is 3.09. The fraction of sp³-hybridized carbons (Fsp3) is 0.400. The van der Waals surface area contributed by atoms with Crippen molar-refractivity contribution in [1.82, 2.24) is 9.88 Å². The summed E-state index contributed by atoms with van der Waals surface area (Å²) in [5, 5.41) is 9.28. The zero-order valence-electron chi connectivity index (χ0n) is 12.2. The van der Waals surface area contributed by atoms with Crippen molar-refractivity contribution >= 4 is 11.6 Å². The van der Waals surface area contributed by atoms with Crippen LogP contribution in [0.2, 0.25) is 5.02 Å². The zero-order chi connectivity index (χ0) is 16.9. The Morgan fingerprint density at radius 3 is 2.65 bits per heavy atom. The van der Waals surface area contributed by atoms with Crippen molar-refractivity contribution in [2.45, 2.75) is 19.1 Å². The molecule has 2 rings (SSSR count). The summed E-state index contributed by atoms with van der Waals surface area (Å²) < 4.78 is 43.3. The molecule has 1 heterocycles. The average Bonchev–Trinajstić information content (AvgIpc) is 2.92. The summed E-state index contributed by atoms with van der Waals surface area (Å²) in [4.78, 5) is 5.15. The molecule has 0 aliphatic rings. The van der Waals surface area contributed by atoms with Crippen LogP contribution in [0.25, 0.3) is 11.3 Å². The second-order valence-corrected chi connectivity index (χ2v) is 5.41. The molecule has 8 heteroatoms. The van der Waals surface area contributed by atoms with Crippen LogP contribution < -0.4 is 0 Å². The van der Waals surface area contributed by atoms with Crippen LogP contribution in [-0.2, 0) is 6.54 Å². The number of oxazole rings is 1. The van der Waals surface area contributed by atoms with Crippen molar-refractivity contribution in [3.8, 4) is 11.3 Å². The van der Waals surface area contributed by atoms with Gasteiger partial charge in [-0.15, -0.1) is 0 Å². The first-order valence-corrected chi connectivity index (χ1v) is 7.36. The van der Waals surface area contributed by atoms with E-state index in [-0.39, 0.29) is 32.0 Å². The molecule has 0 spiro atoms. The molecule has 1 aromatic heterocycles. The molecule has 23 heavy (non-hydrogen) atoms. The number of aliphatic hydroxyl groups excluding tert-OH is 1. The third-order valence-corrected chi connectivity index (χ3v) is 3.42. The van der Waals surface area contributed by atoms with Gasteiger partial charge in [0.25, 0.3) is 0 Å². The molecule has 0 aliphatic heterocycles. The first-order valence-electron chi connectivity index (χ1n) is 6.98. The van der Waals surface area contributed by atoms with Gasteiger partial charge >= 0.3 is 6.18 Å². The lowest BCUT2D eigenvalue weighted by Crippen LogP contribution is -2.35. The van der Waals surface area contributed by atoms with Crippen LogP contribution in [0.3, 0.4) is 0 Å². The molecular formula is C15H16ClF3N2O2. The van der Waals surface area contributed by atoms with Crippen molar-refractivity contribution < 1.29 is 22.7 Å². The number of alkyl halides is 3. The number of halogens is 4. The van der Waals surface area contributed by atoms with Crippen molar-refractivity contribution in [1.29, 1.82) is 0 Å². The lowest BCUT2D eigenvalue weighted by atomic mass is 10.2. The molecule has 0 saturated carbocycles. The van der Waals surface area contributed by atoms with Crippen LogP contribution in [0.1, 0.15) is 12.3 Å². The monoisotopic (exact) mass is 348 g/mol. The molecule has 0 bridgehead atoms. The maximum absolute atomic E-state index is 12.6. The minimum Gasteiger partial charge on any atom is -0.439 e. The van der Waals surface area contributed by atoms with Crippen molar-refractivity contribution in [3.05, 3.63) is 41.4 Å². The fourth-order valence-corrected chi connectivity index (χ4v) is 2.35. The highest BCUT2D eigenvalue weighted by molar-refractivity contribution is 6.33. The minimum absolute atomic E-state index is 0.0933. The normalized spacial score (nSPS) is 12.1. The summed E-state index contributed by atoms with van der Waals surface area (Å²) in [6, 6.07) is 6.98. The smallest absolute Gasteiger partial charge is 0.401 e. The summed E-state index contributed by atoms with van der Waals surface area (Å²) in [6.45, 7) is -1.26. The van der Waals surface area contributed by atoms with Crippen LogP contribution in [0.5, 0.6) is 0 Å². The van der Waals surface area contributed by atoms with Gasteiger partial charge in [-0.25, -0.2) is 4.98 Å². The Labute approximate surface area is 136 Å². The second kappa shape index (κ2) is 7.81. The van der Waals surface area contributed by atoms with Crippen LogP contribution in [0, 0.1) is 0 Å². The van der Waals surface area contributed by atoms with Gasteiger partial charge in [0.1, 0.15) is 0 Å². The zero-order valence-corrected chi connectivity index (χ0v) is 12.9. The first-order chi connectivity index (χ1) is 10.9. The lowest BCUT2D eigenvalue weighted by molar-refractivity contribution is -0.148. The molecule has 4 nitrogen and oxygen atoms in total. The quantitative estimate of drug-likeness (QED) is 0.828. The van der Waals surface area contributed by atoms with Gasteiger partial charge in [-0.1, -0.05) is 23.7 Å². The van der Waals surface area contributed by atoms with Gasteiger partial charge in [0.15, 0.2) is 5.76 Å². The van der Waals surface area contributed by atoms with Gasteiger partial charge in [0.05, 0.1) is 24.3 Å². The predicted octanol–water partition coefficient (Wildman–Crippen LogP) is 3.74. The van der Waals surface area contributed by atoms with E-state index in [0.717, 1.165) is 4.90 Å². The van der Waals surface area contributed by atoms with Gasteiger partial charge in [0, 0.05) is 18.7 Å². The van der Waals surface area contributed by atoms with Crippen molar-refractivity contribution in [2.75, 3.05) is 19.7 Å². The number of aromatic nitrogens is 1. The summed E-state index contributed by atoms with van der Waals surface area (Å²) in [5.74, 6) is 0.571. The molecule has 2 aromatic rings. The number of aliphatic hydroxyl groups is 1. The fourth-order valence-electron chi connectivity index (χ4n) is 2.12. The Hall–Kier alpha value is -1.57. The molecule has 0 radical (unpaired) electrons. The predicted molar refractivity (Wildman–Crippen MR) is 80.0 cm³/mol. The number of hydrogen-bond acceptors (Lipinski definition) is 4. The molecule has 0 atom stereocenters. The van der Waals surface area contributed by atoms with E-state index in [1.165, 1.54) is 6.20 Å². The van der Waals surface area contributed by atoms with Crippen LogP contribution in [-0.4, -0.2) is 40.9 Å². The Bertz CT molecular complexity index is 631. The first kappa shape index (κ1) is 17.8. The molecule has 1 N–H and O–H groups in total. The van der Waals surface area contributed by atoms with E-state index >= 15 is 0 Å². The maximum atomic E-state index is 12.6. The summed E-state index contributed by atoms with van der Waals surface area (Å²) in [7, 11) is 0. The third kappa shape index (κ3) is 5.53. The summed E-state index contributed by atoms with van der Waals surface area (Å²) in [6.07, 6.45) is -2.64. The van der Waals surface area contributed by atoms with E-state index in [2.05, 4.69) is 4.98 Å². The minimum atomic E-state index is -4.33. The number of benzene rings is 1. The van der Waals surface area contributed by atoms with Gasteiger partial charge in [-0.2, -0.15) is 13.2 Å². The molecule has 0 saturated heterocycles. The van der Waals surface area contributed by atoms with Gasteiger partial charge in [-0.05, 0) is 18.6 Å². The van der Waals surface area contributed by atoms with E-state index in [0.29, 0.717) is 16.3 Å². The molecule has 0 unspecified atom stereocenters. The number of rotatable bonds is 7. The molecule has 1 aromatic carbocycles. The van der Waals surface area contributed by atoms with Gasteiger partial charge < -0.3 is 9.52 Å². The highest BCUT2D eigenvalue weighted by atomic mass is 35.5. The highest BCUT2D eigenvalue weighted by Gasteiger charge is 2.31. The molecule has 126 valence electrons. The molecule has 0 fully saturated rings. The highest BCUT2D eigenvalue weighted by Crippen LogP contribution is 2.28. The summed E-state index contributed by atoms with van der Waals surface area (Å²) >= 11 is 6.05. The van der Waals surface area contributed by atoms with Crippen LogP contribution in [0.15, 0.2) is 34.9 Å². The Balaban J connectivity index is 2.10. The van der Waals surface area contributed by atoms with E-state index in [1.54, 1.807) is 24.3 Å². The lowest BCUT2D eigenvalue weighted by Gasteiger charge is -2.21. The maximum Gasteiger partial charge on any atom is 0.401 e. The van der Waals surface area contributed by atoms with Crippen LogP contribution in [0.4, 0.5) is 13.2 Å². The standard InChI is InChI=1S/C15H16ClF3N2O2/c16-12-5-2-1-4-11(12)13-8-20-14(23-13)9-21(6-3-7-22)10-15(17,18)19/h1-2,4-5,8,22H,3,6-7,9-10H2. The average molecular weight is 349 g/mol. The van der Waals surface area contributed by atoms with Crippen molar-refractivity contribution in [3.63, 3.8) is 0 Å². The van der Waals surface area contributed by atoms with Crippen molar-refractivity contribution in [2.24, 2.45) is 0 Å². The van der Waals surface area contributed by atoms with Gasteiger partial charge in [0.2, 0.25) is 5.89 Å². The summed E-state index contributed by atoms with van der Waals surface area (Å²) in [5.41, 5.74) is 0.630. The SMILES string of the molecule is OCCCN(Cc1ncc(-c2ccccc2Cl)o1)CC(F)(F)F. The topological polar surface area (TPSA) is 49.5 Å². The van der Waals surface area contributed by atoms with E-state index in [4.69, 9.17) is 21.1 Å². The molecule has 0 aliphatic carbocycles. The van der Waals surface area contributed by atoms with E-state index in [9.17, 15) is 13.2 Å². The molecular weight excluding hydrogens is 333 g/mol.